The van der Waals surface area contributed by atoms with Crippen LogP contribution in [0.1, 0.15) is 12.5 Å². The van der Waals surface area contributed by atoms with Crippen LogP contribution in [0, 0.1) is 10.1 Å². The van der Waals surface area contributed by atoms with Gasteiger partial charge in [-0.2, -0.15) is 0 Å². The van der Waals surface area contributed by atoms with Crippen molar-refractivity contribution in [2.24, 2.45) is 5.73 Å². The van der Waals surface area contributed by atoms with Crippen molar-refractivity contribution < 1.29 is 14.5 Å². The molecule has 1 saturated heterocycles. The summed E-state index contributed by atoms with van der Waals surface area (Å²) in [6.45, 7) is 3.34. The van der Waals surface area contributed by atoms with Gasteiger partial charge in [-0.25, -0.2) is 9.78 Å². The van der Waals surface area contributed by atoms with Gasteiger partial charge in [0.2, 0.25) is 5.91 Å². The van der Waals surface area contributed by atoms with Gasteiger partial charge >= 0.3 is 6.03 Å². The summed E-state index contributed by atoms with van der Waals surface area (Å²) in [4.78, 5) is 44.4. The Balaban J connectivity index is 2.10. The number of urea groups is 1. The predicted molar refractivity (Wildman–Crippen MR) is 96.9 cm³/mol. The number of carbonyl (C=O) groups is 2. The van der Waals surface area contributed by atoms with Crippen molar-refractivity contribution in [3.8, 4) is 0 Å². The van der Waals surface area contributed by atoms with E-state index in [1.807, 2.05) is 18.9 Å². The molecule has 1 aliphatic rings. The summed E-state index contributed by atoms with van der Waals surface area (Å²) in [5, 5.41) is 11.7. The molecule has 2 aromatic rings. The lowest BCUT2D eigenvalue weighted by atomic mass is 10.1. The van der Waals surface area contributed by atoms with Gasteiger partial charge in [-0.3, -0.25) is 24.7 Å². The lowest BCUT2D eigenvalue weighted by Crippen LogP contribution is -2.56. The third kappa shape index (κ3) is 3.18. The summed E-state index contributed by atoms with van der Waals surface area (Å²) in [6.07, 6.45) is -0.260. The summed E-state index contributed by atoms with van der Waals surface area (Å²) >= 11 is 1.15. The third-order valence-electron chi connectivity index (χ3n) is 4.08. The van der Waals surface area contributed by atoms with Crippen LogP contribution in [0.5, 0.6) is 0 Å². The van der Waals surface area contributed by atoms with Crippen LogP contribution in [0.2, 0.25) is 0 Å². The van der Waals surface area contributed by atoms with Crippen molar-refractivity contribution in [1.82, 2.24) is 14.8 Å². The Kier molecular flexibility index (Phi) is 4.74. The lowest BCUT2D eigenvalue weighted by Gasteiger charge is -2.38. The van der Waals surface area contributed by atoms with Crippen LogP contribution < -0.4 is 10.6 Å². The standard InChI is InChI=1S/C15H18N6O4S/c1-3-19-7-18(2)8-20(15(19)23)14-17-10-4-5-11(21(24)25)9(6-12(16)22)13(10)26-14/h4-5H,3,6-8H2,1-2H3,(H2,16,22). The van der Waals surface area contributed by atoms with Crippen LogP contribution in [-0.4, -0.2) is 58.6 Å². The van der Waals surface area contributed by atoms with Crippen LogP contribution in [0.4, 0.5) is 15.6 Å². The maximum Gasteiger partial charge on any atom is 0.328 e. The number of carbonyl (C=O) groups excluding carboxylic acids is 2. The second-order valence-corrected chi connectivity index (χ2v) is 6.99. The zero-order valence-electron chi connectivity index (χ0n) is 14.3. The number of nitro groups is 1. The van der Waals surface area contributed by atoms with E-state index in [-0.39, 0.29) is 23.7 Å². The Morgan fingerprint density at radius 3 is 2.77 bits per heavy atom. The van der Waals surface area contributed by atoms with Crippen molar-refractivity contribution in [2.45, 2.75) is 13.3 Å². The van der Waals surface area contributed by atoms with E-state index < -0.39 is 10.8 Å². The Hall–Kier alpha value is -2.79. The van der Waals surface area contributed by atoms with E-state index in [1.165, 1.54) is 17.0 Å². The van der Waals surface area contributed by atoms with Crippen molar-refractivity contribution in [3.63, 3.8) is 0 Å². The maximum absolute atomic E-state index is 12.6. The average molecular weight is 378 g/mol. The molecule has 2 heterocycles. The Morgan fingerprint density at radius 1 is 1.42 bits per heavy atom. The molecule has 138 valence electrons. The van der Waals surface area contributed by atoms with Gasteiger partial charge < -0.3 is 10.6 Å². The van der Waals surface area contributed by atoms with E-state index in [2.05, 4.69) is 4.98 Å². The highest BCUT2D eigenvalue weighted by Gasteiger charge is 2.31. The number of benzene rings is 1. The first kappa shape index (κ1) is 18.0. The molecule has 3 amide bonds. The minimum Gasteiger partial charge on any atom is -0.369 e. The number of aromatic nitrogens is 1. The molecule has 3 rings (SSSR count). The largest absolute Gasteiger partial charge is 0.369 e. The van der Waals surface area contributed by atoms with Crippen molar-refractivity contribution >= 4 is 44.3 Å². The number of rotatable bonds is 5. The highest BCUT2D eigenvalue weighted by atomic mass is 32.1. The number of anilines is 1. The quantitative estimate of drug-likeness (QED) is 0.618. The van der Waals surface area contributed by atoms with Crippen LogP contribution in [0.25, 0.3) is 10.2 Å². The van der Waals surface area contributed by atoms with Crippen molar-refractivity contribution in [2.75, 3.05) is 31.8 Å². The second kappa shape index (κ2) is 6.84. The molecule has 0 atom stereocenters. The minimum atomic E-state index is -0.665. The summed E-state index contributed by atoms with van der Waals surface area (Å²) in [5.74, 6) is -0.665. The van der Waals surface area contributed by atoms with Gasteiger partial charge in [0.15, 0.2) is 5.13 Å². The van der Waals surface area contributed by atoms with Crippen LogP contribution in [-0.2, 0) is 11.2 Å². The summed E-state index contributed by atoms with van der Waals surface area (Å²) < 4.78 is 0.497. The first-order valence-electron chi connectivity index (χ1n) is 7.92. The zero-order chi connectivity index (χ0) is 19.0. The topological polar surface area (TPSA) is 126 Å². The molecule has 26 heavy (non-hydrogen) atoms. The average Bonchev–Trinajstić information content (AvgIpc) is 3.00. The molecule has 0 unspecified atom stereocenters. The normalized spacial score (nSPS) is 15.7. The summed E-state index contributed by atoms with van der Waals surface area (Å²) in [7, 11) is 1.89. The zero-order valence-corrected chi connectivity index (χ0v) is 15.2. The minimum absolute atomic E-state index is 0.171. The van der Waals surface area contributed by atoms with Crippen LogP contribution in [0.3, 0.4) is 0 Å². The number of hydrogen-bond donors (Lipinski definition) is 1. The molecule has 1 aliphatic heterocycles. The van der Waals surface area contributed by atoms with Crippen LogP contribution in [0.15, 0.2) is 12.1 Å². The van der Waals surface area contributed by atoms with Gasteiger partial charge in [0.1, 0.15) is 0 Å². The fraction of sp³-hybridized carbons (Fsp3) is 0.400. The SMILES string of the molecule is CCN1CN(C)CN(c2nc3ccc([N+](=O)[O-])c(CC(N)=O)c3s2)C1=O. The van der Waals surface area contributed by atoms with E-state index in [9.17, 15) is 19.7 Å². The summed E-state index contributed by atoms with van der Waals surface area (Å²) in [6, 6.07) is 2.66. The first-order chi connectivity index (χ1) is 12.3. The molecule has 11 heteroatoms. The maximum atomic E-state index is 12.6. The molecular weight excluding hydrogens is 360 g/mol. The number of thiazole rings is 1. The number of nitrogens with two attached hydrogens (primary N) is 1. The molecule has 0 saturated carbocycles. The molecule has 1 aromatic carbocycles. The predicted octanol–water partition coefficient (Wildman–Crippen LogP) is 1.34. The fourth-order valence-corrected chi connectivity index (χ4v) is 3.99. The molecule has 1 fully saturated rings. The number of nitrogens with zero attached hydrogens (tertiary/aromatic N) is 5. The van der Waals surface area contributed by atoms with Gasteiger partial charge in [-0.15, -0.1) is 0 Å². The number of primary amides is 1. The van der Waals surface area contributed by atoms with E-state index in [0.29, 0.717) is 35.2 Å². The van der Waals surface area contributed by atoms with Crippen LogP contribution >= 0.6 is 11.3 Å². The Labute approximate surface area is 152 Å². The monoisotopic (exact) mass is 378 g/mol. The Bertz CT molecular complexity index is 898. The highest BCUT2D eigenvalue weighted by Crippen LogP contribution is 2.36. The molecular formula is C15H18N6O4S. The Morgan fingerprint density at radius 2 is 2.15 bits per heavy atom. The number of fused-ring (bicyclic) bond motifs is 1. The smallest absolute Gasteiger partial charge is 0.328 e. The first-order valence-corrected chi connectivity index (χ1v) is 8.73. The van der Waals surface area contributed by atoms with Crippen molar-refractivity contribution in [1.29, 1.82) is 0 Å². The second-order valence-electron chi connectivity index (χ2n) is 6.01. The molecule has 0 bridgehead atoms. The third-order valence-corrected chi connectivity index (χ3v) is 5.24. The van der Waals surface area contributed by atoms with Gasteiger partial charge in [-0.05, 0) is 20.0 Å². The molecule has 0 spiro atoms. The molecule has 0 radical (unpaired) electrons. The molecule has 0 aliphatic carbocycles. The van der Waals surface area contributed by atoms with Gasteiger partial charge in [0.05, 0.1) is 40.5 Å². The van der Waals surface area contributed by atoms with Crippen molar-refractivity contribution in [3.05, 3.63) is 27.8 Å². The fourth-order valence-electron chi connectivity index (χ4n) is 2.90. The van der Waals surface area contributed by atoms with Gasteiger partial charge in [-0.1, -0.05) is 11.3 Å². The lowest BCUT2D eigenvalue weighted by molar-refractivity contribution is -0.385. The van der Waals surface area contributed by atoms with E-state index in [4.69, 9.17) is 5.73 Å². The van der Waals surface area contributed by atoms with Gasteiger partial charge in [0.25, 0.3) is 5.69 Å². The van der Waals surface area contributed by atoms with E-state index in [1.54, 1.807) is 4.90 Å². The highest BCUT2D eigenvalue weighted by molar-refractivity contribution is 7.22. The molecule has 1 aromatic heterocycles. The molecule has 10 nitrogen and oxygen atoms in total. The number of amides is 3. The molecule has 2 N–H and O–H groups in total. The van der Waals surface area contributed by atoms with E-state index in [0.717, 1.165) is 11.3 Å². The summed E-state index contributed by atoms with van der Waals surface area (Å²) in [5.41, 5.74) is 5.81. The number of hydrogen-bond acceptors (Lipinski definition) is 7. The van der Waals surface area contributed by atoms with Gasteiger partial charge in [0, 0.05) is 12.6 Å². The number of nitro benzene ring substituents is 1. The van der Waals surface area contributed by atoms with E-state index >= 15 is 0 Å².